The van der Waals surface area contributed by atoms with E-state index in [-0.39, 0.29) is 5.91 Å². The van der Waals surface area contributed by atoms with Crippen molar-refractivity contribution in [3.8, 4) is 0 Å². The molecule has 1 aromatic heterocycles. The standard InChI is InChI=1S/C20H20N2O/c1-13-8-10-16(11-9-13)12-21-20(23)19-14(2)17-6-4-5-7-18(17)22-15(19)3/h4-11H,12H2,1-3H3,(H,21,23). The molecule has 0 saturated carbocycles. The molecule has 1 heterocycles. The predicted octanol–water partition coefficient (Wildman–Crippen LogP) is 4.09. The molecule has 23 heavy (non-hydrogen) atoms. The van der Waals surface area contributed by atoms with Crippen molar-refractivity contribution < 1.29 is 4.79 Å². The molecule has 0 saturated heterocycles. The van der Waals surface area contributed by atoms with Crippen LogP contribution in [0.5, 0.6) is 0 Å². The molecule has 0 aliphatic rings. The van der Waals surface area contributed by atoms with E-state index in [1.54, 1.807) is 0 Å². The van der Waals surface area contributed by atoms with Gasteiger partial charge in [0.05, 0.1) is 16.8 Å². The topological polar surface area (TPSA) is 42.0 Å². The molecule has 0 spiro atoms. The number of nitrogens with one attached hydrogen (secondary N) is 1. The molecule has 1 amide bonds. The summed E-state index contributed by atoms with van der Waals surface area (Å²) in [4.78, 5) is 17.2. The SMILES string of the molecule is Cc1ccc(CNC(=O)c2c(C)nc3ccccc3c2C)cc1. The van der Waals surface area contributed by atoms with Crippen molar-refractivity contribution in [2.75, 3.05) is 0 Å². The highest BCUT2D eigenvalue weighted by Crippen LogP contribution is 2.22. The van der Waals surface area contributed by atoms with E-state index in [1.807, 2.05) is 50.2 Å². The molecule has 1 N–H and O–H groups in total. The van der Waals surface area contributed by atoms with Gasteiger partial charge in [-0.1, -0.05) is 48.0 Å². The first-order valence-electron chi connectivity index (χ1n) is 7.76. The lowest BCUT2D eigenvalue weighted by Crippen LogP contribution is -2.25. The average Bonchev–Trinajstić information content (AvgIpc) is 2.54. The molecule has 0 fully saturated rings. The fourth-order valence-electron chi connectivity index (χ4n) is 2.84. The fraction of sp³-hybridized carbons (Fsp3) is 0.200. The monoisotopic (exact) mass is 304 g/mol. The number of aryl methyl sites for hydroxylation is 3. The van der Waals surface area contributed by atoms with Crippen LogP contribution in [0.2, 0.25) is 0 Å². The van der Waals surface area contributed by atoms with Crippen molar-refractivity contribution >= 4 is 16.8 Å². The van der Waals surface area contributed by atoms with E-state index in [1.165, 1.54) is 5.56 Å². The molecule has 3 rings (SSSR count). The Labute approximate surface area is 136 Å². The van der Waals surface area contributed by atoms with Crippen LogP contribution in [0.1, 0.15) is 32.7 Å². The zero-order valence-corrected chi connectivity index (χ0v) is 13.7. The number of carbonyl (C=O) groups excluding carboxylic acids is 1. The molecule has 0 aliphatic heterocycles. The van der Waals surface area contributed by atoms with Gasteiger partial charge >= 0.3 is 0 Å². The third kappa shape index (κ3) is 3.09. The maximum atomic E-state index is 12.6. The van der Waals surface area contributed by atoms with E-state index >= 15 is 0 Å². The Morgan fingerprint density at radius 2 is 1.70 bits per heavy atom. The lowest BCUT2D eigenvalue weighted by Gasteiger charge is -2.13. The van der Waals surface area contributed by atoms with Gasteiger partial charge < -0.3 is 5.32 Å². The maximum Gasteiger partial charge on any atom is 0.253 e. The van der Waals surface area contributed by atoms with Gasteiger partial charge in [-0.2, -0.15) is 0 Å². The summed E-state index contributed by atoms with van der Waals surface area (Å²) in [5, 5.41) is 4.03. The summed E-state index contributed by atoms with van der Waals surface area (Å²) in [7, 11) is 0. The first-order valence-corrected chi connectivity index (χ1v) is 7.76. The molecule has 3 nitrogen and oxygen atoms in total. The highest BCUT2D eigenvalue weighted by Gasteiger charge is 2.15. The van der Waals surface area contributed by atoms with Crippen molar-refractivity contribution in [1.29, 1.82) is 0 Å². The second-order valence-electron chi connectivity index (χ2n) is 5.88. The molecule has 3 aromatic rings. The molecular weight excluding hydrogens is 284 g/mol. The number of pyridine rings is 1. The van der Waals surface area contributed by atoms with Crippen LogP contribution in [0.15, 0.2) is 48.5 Å². The van der Waals surface area contributed by atoms with Crippen LogP contribution >= 0.6 is 0 Å². The molecular formula is C20H20N2O. The number of hydrogen-bond donors (Lipinski definition) is 1. The minimum atomic E-state index is -0.0705. The van der Waals surface area contributed by atoms with Crippen LogP contribution in [-0.2, 0) is 6.54 Å². The highest BCUT2D eigenvalue weighted by atomic mass is 16.1. The molecule has 0 radical (unpaired) electrons. The van der Waals surface area contributed by atoms with E-state index in [0.29, 0.717) is 12.1 Å². The Morgan fingerprint density at radius 1 is 1.00 bits per heavy atom. The second-order valence-corrected chi connectivity index (χ2v) is 5.88. The van der Waals surface area contributed by atoms with Crippen molar-refractivity contribution in [2.45, 2.75) is 27.3 Å². The Kier molecular flexibility index (Phi) is 4.11. The number of fused-ring (bicyclic) bond motifs is 1. The van der Waals surface area contributed by atoms with Gasteiger partial charge in [0, 0.05) is 11.9 Å². The minimum absolute atomic E-state index is 0.0705. The molecule has 2 aromatic carbocycles. The van der Waals surface area contributed by atoms with E-state index < -0.39 is 0 Å². The molecule has 0 unspecified atom stereocenters. The first kappa shape index (κ1) is 15.2. The van der Waals surface area contributed by atoms with Gasteiger partial charge in [-0.3, -0.25) is 9.78 Å². The van der Waals surface area contributed by atoms with E-state index in [2.05, 4.69) is 29.4 Å². The molecule has 3 heteroatoms. The van der Waals surface area contributed by atoms with Crippen molar-refractivity contribution in [3.63, 3.8) is 0 Å². The van der Waals surface area contributed by atoms with Crippen LogP contribution in [0.4, 0.5) is 0 Å². The Morgan fingerprint density at radius 3 is 2.43 bits per heavy atom. The number of carbonyl (C=O) groups is 1. The van der Waals surface area contributed by atoms with Gasteiger partial charge in [-0.25, -0.2) is 0 Å². The lowest BCUT2D eigenvalue weighted by molar-refractivity contribution is 0.0949. The van der Waals surface area contributed by atoms with Gasteiger partial charge in [0.25, 0.3) is 5.91 Å². The fourth-order valence-corrected chi connectivity index (χ4v) is 2.84. The summed E-state index contributed by atoms with van der Waals surface area (Å²) in [6.07, 6.45) is 0. The minimum Gasteiger partial charge on any atom is -0.348 e. The number of para-hydroxylation sites is 1. The number of aromatic nitrogens is 1. The van der Waals surface area contributed by atoms with Crippen LogP contribution < -0.4 is 5.32 Å². The van der Waals surface area contributed by atoms with Gasteiger partial charge in [-0.15, -0.1) is 0 Å². The summed E-state index contributed by atoms with van der Waals surface area (Å²) in [6.45, 7) is 6.44. The van der Waals surface area contributed by atoms with Gasteiger partial charge in [0.2, 0.25) is 0 Å². The first-order chi connectivity index (χ1) is 11.1. The quantitative estimate of drug-likeness (QED) is 0.792. The third-order valence-corrected chi connectivity index (χ3v) is 4.13. The predicted molar refractivity (Wildman–Crippen MR) is 93.6 cm³/mol. The molecule has 116 valence electrons. The number of nitrogens with zero attached hydrogens (tertiary/aromatic N) is 1. The third-order valence-electron chi connectivity index (χ3n) is 4.13. The van der Waals surface area contributed by atoms with Crippen LogP contribution in [0, 0.1) is 20.8 Å². The molecule has 0 atom stereocenters. The largest absolute Gasteiger partial charge is 0.348 e. The molecule has 0 bridgehead atoms. The summed E-state index contributed by atoms with van der Waals surface area (Å²) in [5.74, 6) is -0.0705. The number of hydrogen-bond acceptors (Lipinski definition) is 2. The van der Waals surface area contributed by atoms with Crippen LogP contribution in [0.3, 0.4) is 0 Å². The zero-order chi connectivity index (χ0) is 16.4. The van der Waals surface area contributed by atoms with Crippen molar-refractivity contribution in [1.82, 2.24) is 10.3 Å². The van der Waals surface area contributed by atoms with Crippen LogP contribution in [-0.4, -0.2) is 10.9 Å². The summed E-state index contributed by atoms with van der Waals surface area (Å²) < 4.78 is 0. The normalized spacial score (nSPS) is 10.7. The smallest absolute Gasteiger partial charge is 0.253 e. The number of benzene rings is 2. The Balaban J connectivity index is 1.87. The van der Waals surface area contributed by atoms with Crippen LogP contribution in [0.25, 0.3) is 10.9 Å². The Hall–Kier alpha value is -2.68. The number of amides is 1. The maximum absolute atomic E-state index is 12.6. The average molecular weight is 304 g/mol. The van der Waals surface area contributed by atoms with Crippen molar-refractivity contribution in [2.24, 2.45) is 0 Å². The van der Waals surface area contributed by atoms with Crippen molar-refractivity contribution in [3.05, 3.63) is 76.5 Å². The Bertz CT molecular complexity index is 867. The van der Waals surface area contributed by atoms with Gasteiger partial charge in [-0.05, 0) is 38.0 Å². The number of rotatable bonds is 3. The second kappa shape index (κ2) is 6.21. The summed E-state index contributed by atoms with van der Waals surface area (Å²) >= 11 is 0. The molecule has 0 aliphatic carbocycles. The van der Waals surface area contributed by atoms with Gasteiger partial charge in [0.15, 0.2) is 0 Å². The lowest BCUT2D eigenvalue weighted by atomic mass is 10.0. The van der Waals surface area contributed by atoms with E-state index in [4.69, 9.17) is 0 Å². The van der Waals surface area contributed by atoms with E-state index in [9.17, 15) is 4.79 Å². The highest BCUT2D eigenvalue weighted by molar-refractivity contribution is 6.01. The van der Waals surface area contributed by atoms with E-state index in [0.717, 1.165) is 27.7 Å². The summed E-state index contributed by atoms with van der Waals surface area (Å²) in [6, 6.07) is 16.1. The summed E-state index contributed by atoms with van der Waals surface area (Å²) in [5.41, 5.74) is 5.66. The zero-order valence-electron chi connectivity index (χ0n) is 13.7. The van der Waals surface area contributed by atoms with Gasteiger partial charge in [0.1, 0.15) is 0 Å².